The molecule has 26 heteroatoms. The third-order valence-electron chi connectivity index (χ3n) is 11.0. The Morgan fingerprint density at radius 2 is 1.38 bits per heavy atom. The summed E-state index contributed by atoms with van der Waals surface area (Å²) in [4.78, 5) is 131. The molecule has 2 aromatic carbocycles. The van der Waals surface area contributed by atoms with Crippen molar-refractivity contribution in [2.75, 3.05) is 39.3 Å². The van der Waals surface area contributed by atoms with Gasteiger partial charge in [0.25, 0.3) is 0 Å². The minimum Gasteiger partial charge on any atom is -0.392 e. The molecule has 1 saturated heterocycles. The highest BCUT2D eigenvalue weighted by Gasteiger charge is 2.33. The maximum atomic E-state index is 14.0. The monoisotopic (exact) mass is 1060 g/mol. The van der Waals surface area contributed by atoms with Crippen LogP contribution in [0.15, 0.2) is 70.8 Å². The second-order valence-electron chi connectivity index (χ2n) is 17.9. The van der Waals surface area contributed by atoms with E-state index in [0.717, 1.165) is 41.7 Å². The number of aromatic nitrogens is 1. The van der Waals surface area contributed by atoms with E-state index in [9.17, 15) is 48.3 Å². The summed E-state index contributed by atoms with van der Waals surface area (Å²) in [6, 6.07) is 9.46. The van der Waals surface area contributed by atoms with Gasteiger partial charge >= 0.3 is 0 Å². The Labute approximate surface area is 442 Å². The van der Waals surface area contributed by atoms with Crippen molar-refractivity contribution in [2.45, 2.75) is 122 Å². The smallest absolute Gasteiger partial charge is 0.246 e. The second-order valence-corrected chi connectivity index (χ2v) is 17.9. The van der Waals surface area contributed by atoms with Crippen LogP contribution in [0.3, 0.4) is 0 Å². The summed E-state index contributed by atoms with van der Waals surface area (Å²) in [5, 5.41) is 29.1. The number of carbonyl (C=O) groups is 9. The summed E-state index contributed by atoms with van der Waals surface area (Å²) in [6.07, 6.45) is 2.50. The van der Waals surface area contributed by atoms with Gasteiger partial charge in [-0.15, -0.1) is 0 Å². The highest BCUT2D eigenvalue weighted by Crippen LogP contribution is 2.20. The first-order valence-corrected chi connectivity index (χ1v) is 25.0. The zero-order chi connectivity index (χ0) is 56.7. The van der Waals surface area contributed by atoms with E-state index in [-0.39, 0.29) is 44.1 Å². The van der Waals surface area contributed by atoms with Crippen LogP contribution in [0.4, 0.5) is 0 Å². The van der Waals surface area contributed by atoms with E-state index < -0.39 is 116 Å². The molecule has 4 rings (SSSR count). The highest BCUT2D eigenvalue weighted by atomic mass is 16.3. The van der Waals surface area contributed by atoms with E-state index in [1.54, 1.807) is 36.5 Å². The molecule has 3 aromatic rings. The number of H-pyrrole nitrogens is 1. The lowest BCUT2D eigenvalue weighted by Crippen LogP contribution is -2.59. The number of hydrogen-bond donors (Lipinski definition) is 14. The number of aliphatic imine (C=N–C) groups is 2. The Morgan fingerprint density at radius 3 is 1.96 bits per heavy atom. The largest absolute Gasteiger partial charge is 0.392 e. The van der Waals surface area contributed by atoms with Crippen LogP contribution >= 0.6 is 0 Å². The van der Waals surface area contributed by atoms with Gasteiger partial charge in [0.05, 0.1) is 25.6 Å². The van der Waals surface area contributed by atoms with Gasteiger partial charge in [0.2, 0.25) is 53.2 Å². The second kappa shape index (κ2) is 34.2. The fourth-order valence-corrected chi connectivity index (χ4v) is 7.30. The van der Waals surface area contributed by atoms with E-state index in [1.807, 2.05) is 38.1 Å². The van der Waals surface area contributed by atoms with Gasteiger partial charge in [-0.2, -0.15) is 0 Å². The average Bonchev–Trinajstić information content (AvgIpc) is 3.77. The summed E-state index contributed by atoms with van der Waals surface area (Å²) >= 11 is 0. The summed E-state index contributed by atoms with van der Waals surface area (Å²) in [6.45, 7) is 7.86. The summed E-state index contributed by atoms with van der Waals surface area (Å²) in [5.41, 5.74) is 27.8. The molecule has 6 atom stereocenters. The molecule has 0 aliphatic carbocycles. The number of nitrogens with one attached hydrogen (secondary N) is 8. The van der Waals surface area contributed by atoms with E-state index >= 15 is 0 Å². The van der Waals surface area contributed by atoms with Crippen molar-refractivity contribution in [3.63, 3.8) is 0 Å². The number of guanidine groups is 2. The fraction of sp³-hybridized carbons (Fsp3) is 0.500. The molecule has 1 aliphatic rings. The molecule has 5 unspecified atom stereocenters. The normalized spacial score (nSPS) is 19.7. The number of β-amino-alcohol motifs (C(OH)–C–C–N with tert-alkyl or cyclic N) is 1. The molecule has 0 spiro atoms. The van der Waals surface area contributed by atoms with Crippen LogP contribution in [0, 0.1) is 0 Å². The van der Waals surface area contributed by atoms with Crippen LogP contribution < -0.4 is 65.9 Å². The number of nitrogens with zero attached hydrogens (tertiary/aromatic N) is 3. The van der Waals surface area contributed by atoms with Crippen molar-refractivity contribution in [3.05, 3.63) is 71.9 Å². The lowest BCUT2D eigenvalue weighted by Gasteiger charge is -2.29. The van der Waals surface area contributed by atoms with Gasteiger partial charge in [0.1, 0.15) is 30.2 Å². The minimum atomic E-state index is -1.56. The Kier molecular flexibility index (Phi) is 28.8. The van der Waals surface area contributed by atoms with E-state index in [0.29, 0.717) is 17.5 Å². The molecular formula is C50H78N16O10. The van der Waals surface area contributed by atoms with Crippen molar-refractivity contribution < 1.29 is 48.3 Å². The number of carbonyl (C=O) groups excluding carboxylic acids is 9. The standard InChI is InChI=1S/C42H56N10O10.2C4H11N3/c1-24(53)22-52-23-37(57)48-32(17-27-11-5-4-6-12-27)40(60)47-25(2)39(59)51-33(18-28-20-46-30-14-8-7-13-29(28)30)41(61)50-31(38(43)58)15-9-10-16-44-35(55)19-34(42(52)62)49-36(56)21-45-26(3)54;2*1-2-3-7-4(5)6/h4-8,11-14,20,24-25,31-34,46,53H,9-10,15-19,21-23H2,1-3H3,(H2,43,58)(H,44,55)(H,45,54)(H,47,60)(H,48,57)(H,49,56)(H,50,61)(H,51,59);2*2-3H2,1H3,(H4,5,6,7)/t24?,25?,31?,32?,33-,34?;;/m0../s1. The van der Waals surface area contributed by atoms with Gasteiger partial charge in [-0.1, -0.05) is 62.4 Å². The Morgan fingerprint density at radius 1 is 0.776 bits per heavy atom. The predicted octanol–water partition coefficient (Wildman–Crippen LogP) is -2.74. The number of aromatic amines is 1. The van der Waals surface area contributed by atoms with Gasteiger partial charge in [0, 0.05) is 63.0 Å². The molecule has 0 radical (unpaired) electrons. The number of fused-ring (bicyclic) bond motifs is 1. The van der Waals surface area contributed by atoms with Crippen molar-refractivity contribution in [3.8, 4) is 0 Å². The van der Waals surface area contributed by atoms with Gasteiger partial charge in [-0.05, 0) is 63.1 Å². The van der Waals surface area contributed by atoms with E-state index in [2.05, 4.69) is 52.2 Å². The van der Waals surface area contributed by atoms with Crippen LogP contribution in [0.1, 0.15) is 84.3 Å². The van der Waals surface area contributed by atoms with Crippen molar-refractivity contribution >= 4 is 76.0 Å². The number of primary amides is 1. The Bertz CT molecular complexity index is 2420. The third kappa shape index (κ3) is 25.1. The Hall–Kier alpha value is -8.29. The summed E-state index contributed by atoms with van der Waals surface area (Å²) in [7, 11) is 0. The highest BCUT2D eigenvalue weighted by molar-refractivity contribution is 5.98. The molecule has 1 aromatic heterocycles. The maximum Gasteiger partial charge on any atom is 0.246 e. The van der Waals surface area contributed by atoms with Crippen molar-refractivity contribution in [2.24, 2.45) is 38.7 Å². The molecule has 0 bridgehead atoms. The number of benzene rings is 2. The molecule has 19 N–H and O–H groups in total. The fourth-order valence-electron chi connectivity index (χ4n) is 7.30. The van der Waals surface area contributed by atoms with Crippen LogP contribution in [-0.2, 0) is 56.0 Å². The molecule has 9 amide bonds. The zero-order valence-corrected chi connectivity index (χ0v) is 44.0. The number of rotatable bonds is 14. The average molecular weight is 1060 g/mol. The number of aliphatic hydroxyl groups is 1. The SMILES string of the molecule is CC(=O)NCC(=O)NC1CC(=O)NCCCCC(C(N)=O)NC(=O)[C@H](Cc2c[nH]c3ccccc23)NC(=O)C(C)NC(=O)C(Cc2ccccc2)NC(=O)CN(CC(C)O)C1=O.CCCN=C(N)N.CCCN=C(N)N. The first kappa shape index (κ1) is 63.8. The zero-order valence-electron chi connectivity index (χ0n) is 44.0. The molecule has 76 heavy (non-hydrogen) atoms. The number of para-hydroxylation sites is 1. The van der Waals surface area contributed by atoms with E-state index in [4.69, 9.17) is 28.7 Å². The molecular weight excluding hydrogens is 985 g/mol. The third-order valence-corrected chi connectivity index (χ3v) is 11.0. The first-order chi connectivity index (χ1) is 36.0. The van der Waals surface area contributed by atoms with Crippen molar-refractivity contribution in [1.82, 2.24) is 47.1 Å². The first-order valence-electron chi connectivity index (χ1n) is 25.0. The van der Waals surface area contributed by atoms with Crippen LogP contribution in [0.2, 0.25) is 0 Å². The van der Waals surface area contributed by atoms with Crippen molar-refractivity contribution in [1.29, 1.82) is 0 Å². The molecule has 418 valence electrons. The summed E-state index contributed by atoms with van der Waals surface area (Å²) < 4.78 is 0. The molecule has 0 saturated carbocycles. The number of nitrogens with two attached hydrogens (primary N) is 5. The lowest BCUT2D eigenvalue weighted by molar-refractivity contribution is -0.142. The van der Waals surface area contributed by atoms with Crippen LogP contribution in [-0.4, -0.2) is 156 Å². The minimum absolute atomic E-state index is 0.0111. The number of amides is 9. The van der Waals surface area contributed by atoms with Gasteiger partial charge in [-0.3, -0.25) is 53.1 Å². The quantitative estimate of drug-likeness (QED) is 0.0576. The molecule has 26 nitrogen and oxygen atoms in total. The van der Waals surface area contributed by atoms with E-state index in [1.165, 1.54) is 20.8 Å². The molecule has 2 heterocycles. The maximum absolute atomic E-state index is 14.0. The molecule has 1 aliphatic heterocycles. The lowest BCUT2D eigenvalue weighted by atomic mass is 10.0. The topological polar surface area (TPSA) is 432 Å². The Balaban J connectivity index is 0.00000124. The molecule has 1 fully saturated rings. The van der Waals surface area contributed by atoms with Gasteiger partial charge < -0.3 is 80.9 Å². The van der Waals surface area contributed by atoms with Gasteiger partial charge in [-0.25, -0.2) is 0 Å². The number of hydrogen-bond acceptors (Lipinski definition) is 12. The summed E-state index contributed by atoms with van der Waals surface area (Å²) in [5.74, 6) is -6.51. The predicted molar refractivity (Wildman–Crippen MR) is 287 cm³/mol. The number of aliphatic hydroxyl groups excluding tert-OH is 1. The van der Waals surface area contributed by atoms with Crippen LogP contribution in [0.25, 0.3) is 10.9 Å². The van der Waals surface area contributed by atoms with Crippen LogP contribution in [0.5, 0.6) is 0 Å². The van der Waals surface area contributed by atoms with Gasteiger partial charge in [0.15, 0.2) is 11.9 Å².